The van der Waals surface area contributed by atoms with Crippen LogP contribution in [0.4, 0.5) is 0 Å². The highest BCUT2D eigenvalue weighted by Crippen LogP contribution is 2.27. The molecular weight excluding hydrogens is 302 g/mol. The first-order valence-corrected chi connectivity index (χ1v) is 7.76. The van der Waals surface area contributed by atoms with Crippen LogP contribution in [0.3, 0.4) is 0 Å². The first kappa shape index (κ1) is 15.0. The maximum atomic E-state index is 12.2. The van der Waals surface area contributed by atoms with Crippen LogP contribution in [0.2, 0.25) is 5.02 Å². The van der Waals surface area contributed by atoms with E-state index in [1.54, 1.807) is 12.1 Å². The van der Waals surface area contributed by atoms with E-state index in [0.29, 0.717) is 30.4 Å². The molecule has 0 atom stereocenters. The first-order valence-electron chi connectivity index (χ1n) is 7.38. The highest BCUT2D eigenvalue weighted by Gasteiger charge is 2.35. The van der Waals surface area contributed by atoms with Gasteiger partial charge in [0.05, 0.1) is 12.3 Å². The summed E-state index contributed by atoms with van der Waals surface area (Å²) in [7, 11) is 0. The van der Waals surface area contributed by atoms with Crippen LogP contribution in [-0.4, -0.2) is 34.0 Å². The molecule has 1 amide bonds. The summed E-state index contributed by atoms with van der Waals surface area (Å²) in [6, 6.07) is 7.36. The van der Waals surface area contributed by atoms with Gasteiger partial charge in [-0.2, -0.15) is 4.98 Å². The molecule has 2 aromatic rings. The Morgan fingerprint density at radius 1 is 1.36 bits per heavy atom. The second-order valence-electron chi connectivity index (χ2n) is 5.94. The summed E-state index contributed by atoms with van der Waals surface area (Å²) >= 11 is 5.84. The lowest BCUT2D eigenvalue weighted by Gasteiger charge is -2.37. The summed E-state index contributed by atoms with van der Waals surface area (Å²) in [5.74, 6) is 1.89. The van der Waals surface area contributed by atoms with Crippen LogP contribution >= 0.6 is 11.6 Å². The van der Waals surface area contributed by atoms with Crippen molar-refractivity contribution in [3.8, 4) is 0 Å². The second-order valence-corrected chi connectivity index (χ2v) is 6.38. The van der Waals surface area contributed by atoms with Gasteiger partial charge in [0.1, 0.15) is 0 Å². The fourth-order valence-electron chi connectivity index (χ4n) is 2.37. The molecule has 0 radical (unpaired) electrons. The SMILES string of the molecule is CC(C)c1noc(C2CN(C(=O)Cc3ccc(Cl)cc3)C2)n1. The zero-order valence-electron chi connectivity index (χ0n) is 12.6. The molecule has 116 valence electrons. The van der Waals surface area contributed by atoms with Gasteiger partial charge in [-0.1, -0.05) is 42.7 Å². The van der Waals surface area contributed by atoms with Crippen molar-refractivity contribution >= 4 is 17.5 Å². The summed E-state index contributed by atoms with van der Waals surface area (Å²) in [4.78, 5) is 18.4. The van der Waals surface area contributed by atoms with Gasteiger partial charge in [0, 0.05) is 24.0 Å². The van der Waals surface area contributed by atoms with E-state index in [9.17, 15) is 4.79 Å². The van der Waals surface area contributed by atoms with Crippen LogP contribution in [-0.2, 0) is 11.2 Å². The largest absolute Gasteiger partial charge is 0.341 e. The van der Waals surface area contributed by atoms with Crippen molar-refractivity contribution in [3.63, 3.8) is 0 Å². The molecule has 1 aromatic carbocycles. The predicted molar refractivity (Wildman–Crippen MR) is 82.9 cm³/mol. The number of halogens is 1. The summed E-state index contributed by atoms with van der Waals surface area (Å²) in [6.07, 6.45) is 0.394. The highest BCUT2D eigenvalue weighted by atomic mass is 35.5. The van der Waals surface area contributed by atoms with Gasteiger partial charge in [-0.25, -0.2) is 0 Å². The standard InChI is InChI=1S/C16H18ClN3O2/c1-10(2)15-18-16(22-19-15)12-8-20(9-12)14(21)7-11-3-5-13(17)6-4-11/h3-6,10,12H,7-9H2,1-2H3. The molecule has 1 aliphatic heterocycles. The third-order valence-electron chi connectivity index (χ3n) is 3.83. The minimum absolute atomic E-state index is 0.113. The maximum Gasteiger partial charge on any atom is 0.233 e. The van der Waals surface area contributed by atoms with Crippen molar-refractivity contribution in [1.29, 1.82) is 0 Å². The smallest absolute Gasteiger partial charge is 0.233 e. The zero-order valence-corrected chi connectivity index (χ0v) is 13.4. The Morgan fingerprint density at radius 2 is 2.05 bits per heavy atom. The fourth-order valence-corrected chi connectivity index (χ4v) is 2.50. The van der Waals surface area contributed by atoms with Gasteiger partial charge in [0.15, 0.2) is 5.82 Å². The number of hydrogen-bond donors (Lipinski definition) is 0. The third kappa shape index (κ3) is 3.14. The molecule has 0 aliphatic carbocycles. The molecule has 2 heterocycles. The Bertz CT molecular complexity index is 660. The topological polar surface area (TPSA) is 59.2 Å². The molecule has 0 N–H and O–H groups in total. The average Bonchev–Trinajstić information content (AvgIpc) is 2.89. The van der Waals surface area contributed by atoms with Gasteiger partial charge in [0.25, 0.3) is 0 Å². The predicted octanol–water partition coefficient (Wildman–Crippen LogP) is 3.01. The van der Waals surface area contributed by atoms with Crippen molar-refractivity contribution in [2.24, 2.45) is 0 Å². The van der Waals surface area contributed by atoms with E-state index in [1.165, 1.54) is 0 Å². The Morgan fingerprint density at radius 3 is 2.64 bits per heavy atom. The lowest BCUT2D eigenvalue weighted by Crippen LogP contribution is -2.49. The van der Waals surface area contributed by atoms with E-state index < -0.39 is 0 Å². The summed E-state index contributed by atoms with van der Waals surface area (Å²) in [6.45, 7) is 5.34. The molecule has 1 fully saturated rings. The van der Waals surface area contributed by atoms with Gasteiger partial charge >= 0.3 is 0 Å². The van der Waals surface area contributed by atoms with Crippen molar-refractivity contribution in [1.82, 2.24) is 15.0 Å². The average molecular weight is 320 g/mol. The van der Waals surface area contributed by atoms with Crippen molar-refractivity contribution in [3.05, 3.63) is 46.6 Å². The van der Waals surface area contributed by atoms with E-state index >= 15 is 0 Å². The summed E-state index contributed by atoms with van der Waals surface area (Å²) in [5.41, 5.74) is 0.970. The first-order chi connectivity index (χ1) is 10.5. The number of carbonyl (C=O) groups is 1. The fraction of sp³-hybridized carbons (Fsp3) is 0.438. The van der Waals surface area contributed by atoms with Crippen molar-refractivity contribution < 1.29 is 9.32 Å². The number of likely N-dealkylation sites (tertiary alicyclic amines) is 1. The number of carbonyl (C=O) groups excluding carboxylic acids is 1. The van der Waals surface area contributed by atoms with Crippen LogP contribution in [0.25, 0.3) is 0 Å². The van der Waals surface area contributed by atoms with Crippen molar-refractivity contribution in [2.75, 3.05) is 13.1 Å². The Balaban J connectivity index is 1.53. The molecule has 6 heteroatoms. The molecule has 0 bridgehead atoms. The van der Waals surface area contributed by atoms with E-state index in [1.807, 2.05) is 30.9 Å². The van der Waals surface area contributed by atoms with Crippen LogP contribution in [0.5, 0.6) is 0 Å². The number of benzene rings is 1. The minimum Gasteiger partial charge on any atom is -0.341 e. The molecule has 1 saturated heterocycles. The Labute approximate surface area is 134 Å². The maximum absolute atomic E-state index is 12.2. The molecule has 5 nitrogen and oxygen atoms in total. The van der Waals surface area contributed by atoms with Crippen LogP contribution in [0, 0.1) is 0 Å². The van der Waals surface area contributed by atoms with Crippen molar-refractivity contribution in [2.45, 2.75) is 32.1 Å². The van der Waals surface area contributed by atoms with Gasteiger partial charge in [0.2, 0.25) is 11.8 Å². The Hall–Kier alpha value is -1.88. The van der Waals surface area contributed by atoms with Crippen LogP contribution in [0.15, 0.2) is 28.8 Å². The molecule has 0 spiro atoms. The normalized spacial score (nSPS) is 15.2. The number of rotatable bonds is 4. The van der Waals surface area contributed by atoms with Crippen LogP contribution in [0.1, 0.15) is 43.0 Å². The van der Waals surface area contributed by atoms with E-state index in [2.05, 4.69) is 10.1 Å². The number of aromatic nitrogens is 2. The summed E-state index contributed by atoms with van der Waals surface area (Å²) < 4.78 is 5.28. The van der Waals surface area contributed by atoms with Gasteiger partial charge < -0.3 is 9.42 Å². The number of amides is 1. The number of nitrogens with zero attached hydrogens (tertiary/aromatic N) is 3. The quantitative estimate of drug-likeness (QED) is 0.869. The third-order valence-corrected chi connectivity index (χ3v) is 4.08. The molecule has 1 aliphatic rings. The van der Waals surface area contributed by atoms with Crippen LogP contribution < -0.4 is 0 Å². The molecule has 0 unspecified atom stereocenters. The molecule has 22 heavy (non-hydrogen) atoms. The lowest BCUT2D eigenvalue weighted by molar-refractivity contribution is -0.135. The van der Waals surface area contributed by atoms with Gasteiger partial charge in [-0.3, -0.25) is 4.79 Å². The van der Waals surface area contributed by atoms with E-state index in [4.69, 9.17) is 16.1 Å². The highest BCUT2D eigenvalue weighted by molar-refractivity contribution is 6.30. The monoisotopic (exact) mass is 319 g/mol. The minimum atomic E-state index is 0.113. The molecule has 0 saturated carbocycles. The van der Waals surface area contributed by atoms with E-state index in [0.717, 1.165) is 11.4 Å². The van der Waals surface area contributed by atoms with E-state index in [-0.39, 0.29) is 17.7 Å². The second kappa shape index (κ2) is 6.08. The lowest BCUT2D eigenvalue weighted by atomic mass is 9.98. The molecular formula is C16H18ClN3O2. The zero-order chi connectivity index (χ0) is 15.7. The number of hydrogen-bond acceptors (Lipinski definition) is 4. The molecule has 1 aromatic heterocycles. The van der Waals surface area contributed by atoms with Gasteiger partial charge in [-0.15, -0.1) is 0 Å². The molecule has 3 rings (SSSR count). The van der Waals surface area contributed by atoms with Gasteiger partial charge in [-0.05, 0) is 17.7 Å². The Kier molecular flexibility index (Phi) is 4.16. The summed E-state index contributed by atoms with van der Waals surface area (Å²) in [5, 5.41) is 4.64.